The van der Waals surface area contributed by atoms with E-state index in [1.54, 1.807) is 10.9 Å². The maximum atomic E-state index is 12.2. The first-order valence-electron chi connectivity index (χ1n) is 7.42. The van der Waals surface area contributed by atoms with Gasteiger partial charge in [0.05, 0.1) is 13.2 Å². The van der Waals surface area contributed by atoms with Crippen molar-refractivity contribution in [1.82, 2.24) is 19.7 Å². The summed E-state index contributed by atoms with van der Waals surface area (Å²) < 4.78 is 1.80. The predicted octanol–water partition coefficient (Wildman–Crippen LogP) is 0.447. The summed E-state index contributed by atoms with van der Waals surface area (Å²) in [5.74, 6) is -0.169. The molecule has 0 unspecified atom stereocenters. The minimum atomic E-state index is -0.447. The Morgan fingerprint density at radius 2 is 2.08 bits per heavy atom. The van der Waals surface area contributed by atoms with Crippen LogP contribution in [0.25, 0.3) is 11.4 Å². The fourth-order valence-electron chi connectivity index (χ4n) is 2.60. The van der Waals surface area contributed by atoms with Gasteiger partial charge in [-0.15, -0.1) is 10.2 Å². The molecule has 1 aromatic heterocycles. The second-order valence-corrected chi connectivity index (χ2v) is 5.45. The standard InChI is InChI=1S/C16H17N5O3/c1-10-11(15-19-17-9-20(15)2)4-3-5-12(10)18-13-8-14(23)21(6-7-22)16(13)24/h3-5,8-9,18,22H,6-7H2,1-2H3. The molecule has 0 atom stereocenters. The minimum absolute atomic E-state index is 0.0166. The maximum absolute atomic E-state index is 12.2. The highest BCUT2D eigenvalue weighted by atomic mass is 16.3. The van der Waals surface area contributed by atoms with Gasteiger partial charge in [0.2, 0.25) is 0 Å². The van der Waals surface area contributed by atoms with Gasteiger partial charge in [-0.25, -0.2) is 0 Å². The Labute approximate surface area is 138 Å². The summed E-state index contributed by atoms with van der Waals surface area (Å²) >= 11 is 0. The molecule has 2 N–H and O–H groups in total. The van der Waals surface area contributed by atoms with Crippen molar-refractivity contribution in [1.29, 1.82) is 0 Å². The second-order valence-electron chi connectivity index (χ2n) is 5.45. The van der Waals surface area contributed by atoms with Crippen molar-refractivity contribution in [3.63, 3.8) is 0 Å². The quantitative estimate of drug-likeness (QED) is 0.773. The number of hydrogen-bond donors (Lipinski definition) is 2. The summed E-state index contributed by atoms with van der Waals surface area (Å²) in [6.07, 6.45) is 2.86. The van der Waals surface area contributed by atoms with Crippen LogP contribution in [-0.4, -0.2) is 49.7 Å². The Bertz CT molecular complexity index is 840. The number of imide groups is 1. The van der Waals surface area contributed by atoms with Gasteiger partial charge in [0.15, 0.2) is 5.82 Å². The summed E-state index contributed by atoms with van der Waals surface area (Å²) in [5.41, 5.74) is 2.65. The van der Waals surface area contributed by atoms with Crippen LogP contribution in [0.3, 0.4) is 0 Å². The van der Waals surface area contributed by atoms with E-state index in [0.717, 1.165) is 16.0 Å². The molecule has 0 bridgehead atoms. The number of carbonyl (C=O) groups excluding carboxylic acids is 2. The Hall–Kier alpha value is -3.00. The van der Waals surface area contributed by atoms with E-state index in [9.17, 15) is 9.59 Å². The van der Waals surface area contributed by atoms with Crippen LogP contribution < -0.4 is 5.32 Å². The molecule has 0 saturated heterocycles. The lowest BCUT2D eigenvalue weighted by atomic mass is 10.1. The minimum Gasteiger partial charge on any atom is -0.395 e. The van der Waals surface area contributed by atoms with Crippen LogP contribution in [0.1, 0.15) is 5.56 Å². The van der Waals surface area contributed by atoms with Crippen LogP contribution in [0.2, 0.25) is 0 Å². The Kier molecular flexibility index (Phi) is 4.13. The number of nitrogens with zero attached hydrogens (tertiary/aromatic N) is 4. The van der Waals surface area contributed by atoms with E-state index in [4.69, 9.17) is 5.11 Å². The average Bonchev–Trinajstić information content (AvgIpc) is 3.08. The zero-order valence-corrected chi connectivity index (χ0v) is 13.4. The van der Waals surface area contributed by atoms with Gasteiger partial charge in [-0.1, -0.05) is 12.1 Å². The molecule has 8 nitrogen and oxygen atoms in total. The van der Waals surface area contributed by atoms with Crippen molar-refractivity contribution in [3.05, 3.63) is 41.9 Å². The van der Waals surface area contributed by atoms with Gasteiger partial charge in [-0.2, -0.15) is 0 Å². The summed E-state index contributed by atoms with van der Waals surface area (Å²) in [5, 5.41) is 19.9. The third kappa shape index (κ3) is 2.67. The summed E-state index contributed by atoms with van der Waals surface area (Å²) in [6.45, 7) is 1.62. The molecule has 1 aromatic carbocycles. The molecule has 2 amide bonds. The lowest BCUT2D eigenvalue weighted by Crippen LogP contribution is -2.34. The van der Waals surface area contributed by atoms with Crippen LogP contribution >= 0.6 is 0 Å². The number of β-amino-alcohol motifs (C(OH)–C–C–N with tert-alkyl or cyclic N) is 1. The number of aliphatic hydroxyl groups is 1. The van der Waals surface area contributed by atoms with Crippen LogP contribution in [0.4, 0.5) is 5.69 Å². The Morgan fingerprint density at radius 3 is 2.75 bits per heavy atom. The molecule has 2 aromatic rings. The molecule has 2 heterocycles. The molecule has 0 aliphatic carbocycles. The van der Waals surface area contributed by atoms with E-state index in [-0.39, 0.29) is 18.8 Å². The molecular weight excluding hydrogens is 310 g/mol. The number of rotatable bonds is 5. The van der Waals surface area contributed by atoms with E-state index >= 15 is 0 Å². The predicted molar refractivity (Wildman–Crippen MR) is 86.7 cm³/mol. The molecule has 1 aliphatic heterocycles. The SMILES string of the molecule is Cc1c(NC2=CC(=O)N(CCO)C2=O)cccc1-c1nncn1C. The normalized spacial score (nSPS) is 14.3. The van der Waals surface area contributed by atoms with Crippen molar-refractivity contribution in [2.24, 2.45) is 7.05 Å². The van der Waals surface area contributed by atoms with Gasteiger partial charge >= 0.3 is 0 Å². The topological polar surface area (TPSA) is 100 Å². The van der Waals surface area contributed by atoms with Gasteiger partial charge in [-0.05, 0) is 18.6 Å². The van der Waals surface area contributed by atoms with Gasteiger partial charge in [0, 0.05) is 24.4 Å². The Balaban J connectivity index is 1.90. The number of amides is 2. The van der Waals surface area contributed by atoms with Crippen molar-refractivity contribution in [2.45, 2.75) is 6.92 Å². The number of aliphatic hydroxyl groups excluding tert-OH is 1. The van der Waals surface area contributed by atoms with E-state index in [2.05, 4.69) is 15.5 Å². The van der Waals surface area contributed by atoms with Gasteiger partial charge in [0.1, 0.15) is 12.0 Å². The van der Waals surface area contributed by atoms with Crippen LogP contribution in [0.5, 0.6) is 0 Å². The van der Waals surface area contributed by atoms with Gasteiger partial charge < -0.3 is 15.0 Å². The molecule has 124 valence electrons. The number of nitrogens with one attached hydrogen (secondary N) is 1. The van der Waals surface area contributed by atoms with E-state index in [1.165, 1.54) is 6.08 Å². The second kappa shape index (κ2) is 6.25. The lowest BCUT2D eigenvalue weighted by Gasteiger charge is -2.15. The van der Waals surface area contributed by atoms with Crippen molar-refractivity contribution in [3.8, 4) is 11.4 Å². The third-order valence-electron chi connectivity index (χ3n) is 3.89. The number of hydrogen-bond acceptors (Lipinski definition) is 6. The van der Waals surface area contributed by atoms with Crippen LogP contribution in [-0.2, 0) is 16.6 Å². The highest BCUT2D eigenvalue weighted by Gasteiger charge is 2.30. The monoisotopic (exact) mass is 327 g/mol. The smallest absolute Gasteiger partial charge is 0.277 e. The molecule has 0 saturated carbocycles. The number of anilines is 1. The Morgan fingerprint density at radius 1 is 1.29 bits per heavy atom. The van der Waals surface area contributed by atoms with Crippen LogP contribution in [0, 0.1) is 6.92 Å². The summed E-state index contributed by atoms with van der Waals surface area (Å²) in [7, 11) is 1.85. The van der Waals surface area contributed by atoms with E-state index in [0.29, 0.717) is 11.5 Å². The first kappa shape index (κ1) is 15.9. The lowest BCUT2D eigenvalue weighted by molar-refractivity contribution is -0.137. The number of carbonyl (C=O) groups is 2. The molecular formula is C16H17N5O3. The molecule has 8 heteroatoms. The zero-order valence-electron chi connectivity index (χ0n) is 13.4. The highest BCUT2D eigenvalue weighted by molar-refractivity contribution is 6.17. The zero-order chi connectivity index (χ0) is 17.3. The maximum Gasteiger partial charge on any atom is 0.277 e. The fraction of sp³-hybridized carbons (Fsp3) is 0.250. The highest BCUT2D eigenvalue weighted by Crippen LogP contribution is 2.28. The molecule has 3 rings (SSSR count). The first-order chi connectivity index (χ1) is 11.5. The summed E-state index contributed by atoms with van der Waals surface area (Å²) in [6, 6.07) is 5.58. The molecule has 24 heavy (non-hydrogen) atoms. The van der Waals surface area contributed by atoms with Crippen molar-refractivity contribution in [2.75, 3.05) is 18.5 Å². The summed E-state index contributed by atoms with van der Waals surface area (Å²) in [4.78, 5) is 25.0. The molecule has 0 fully saturated rings. The van der Waals surface area contributed by atoms with Gasteiger partial charge in [-0.3, -0.25) is 14.5 Å². The molecule has 1 aliphatic rings. The first-order valence-corrected chi connectivity index (χ1v) is 7.42. The number of aromatic nitrogens is 3. The number of benzene rings is 1. The number of aryl methyl sites for hydroxylation is 1. The molecule has 0 radical (unpaired) electrons. The van der Waals surface area contributed by atoms with Crippen molar-refractivity contribution >= 4 is 17.5 Å². The fourth-order valence-corrected chi connectivity index (χ4v) is 2.60. The van der Waals surface area contributed by atoms with Crippen molar-refractivity contribution < 1.29 is 14.7 Å². The molecule has 0 spiro atoms. The van der Waals surface area contributed by atoms with Gasteiger partial charge in [0.25, 0.3) is 11.8 Å². The van der Waals surface area contributed by atoms with E-state index < -0.39 is 11.8 Å². The van der Waals surface area contributed by atoms with E-state index in [1.807, 2.05) is 32.2 Å². The largest absolute Gasteiger partial charge is 0.395 e. The third-order valence-corrected chi connectivity index (χ3v) is 3.89. The average molecular weight is 327 g/mol. The van der Waals surface area contributed by atoms with Crippen LogP contribution in [0.15, 0.2) is 36.3 Å².